The Bertz CT molecular complexity index is 864. The van der Waals surface area contributed by atoms with E-state index in [0.29, 0.717) is 18.0 Å². The highest BCUT2D eigenvalue weighted by molar-refractivity contribution is 6.31. The zero-order valence-electron chi connectivity index (χ0n) is 18.2. The second-order valence-electron chi connectivity index (χ2n) is 9.30. The Morgan fingerprint density at radius 1 is 0.938 bits per heavy atom. The van der Waals surface area contributed by atoms with Gasteiger partial charge in [-0.2, -0.15) is 5.10 Å². The first-order valence-corrected chi connectivity index (χ1v) is 12.1. The Balaban J connectivity index is 1.15. The smallest absolute Gasteiger partial charge is 0.407 e. The molecule has 3 aliphatic carbocycles. The van der Waals surface area contributed by atoms with Crippen LogP contribution < -0.4 is 21.5 Å². The zero-order valence-corrected chi connectivity index (χ0v) is 19.0. The minimum absolute atomic E-state index is 0.0574. The molecule has 4 rings (SSSR count). The molecule has 0 bridgehead atoms. The first kappa shape index (κ1) is 22.9. The molecular weight excluding hydrogens is 434 g/mol. The monoisotopic (exact) mass is 465 g/mol. The van der Waals surface area contributed by atoms with E-state index < -0.39 is 11.7 Å². The Hall–Kier alpha value is -2.29. The second-order valence-corrected chi connectivity index (χ2v) is 9.68. The predicted molar refractivity (Wildman–Crippen MR) is 120 cm³/mol. The summed E-state index contributed by atoms with van der Waals surface area (Å²) >= 11 is 6.11. The molecular formula is C22H32ClN5O4. The lowest BCUT2D eigenvalue weighted by Crippen LogP contribution is -2.48. The molecule has 0 aromatic carbocycles. The zero-order chi connectivity index (χ0) is 22.5. The summed E-state index contributed by atoms with van der Waals surface area (Å²) in [5, 5.41) is 15.4. The maximum Gasteiger partial charge on any atom is 0.407 e. The number of hydrogen-bond donors (Lipinski definition) is 4. The molecule has 3 saturated carbocycles. The van der Waals surface area contributed by atoms with Crippen molar-refractivity contribution in [3.05, 3.63) is 27.1 Å². The van der Waals surface area contributed by atoms with Gasteiger partial charge in [0, 0.05) is 18.1 Å². The summed E-state index contributed by atoms with van der Waals surface area (Å²) in [4.78, 5) is 36.2. The van der Waals surface area contributed by atoms with Gasteiger partial charge in [-0.05, 0) is 69.3 Å². The maximum absolute atomic E-state index is 12.4. The summed E-state index contributed by atoms with van der Waals surface area (Å²) in [5.41, 5.74) is 0.317. The van der Waals surface area contributed by atoms with Gasteiger partial charge in [-0.15, -0.1) is 0 Å². The highest BCUT2D eigenvalue weighted by Crippen LogP contribution is 2.37. The normalized spacial score (nSPS) is 28.3. The van der Waals surface area contributed by atoms with Gasteiger partial charge >= 0.3 is 12.1 Å². The number of urea groups is 1. The van der Waals surface area contributed by atoms with Gasteiger partial charge in [0.05, 0.1) is 6.20 Å². The molecule has 176 valence electrons. The van der Waals surface area contributed by atoms with Crippen molar-refractivity contribution in [3.8, 4) is 0 Å². The minimum atomic E-state index is -0.402. The van der Waals surface area contributed by atoms with E-state index >= 15 is 0 Å². The van der Waals surface area contributed by atoms with Crippen LogP contribution in [-0.4, -0.2) is 46.6 Å². The van der Waals surface area contributed by atoms with Crippen LogP contribution >= 0.6 is 11.6 Å². The summed E-state index contributed by atoms with van der Waals surface area (Å²) in [6.45, 7) is 0. The molecule has 1 aromatic heterocycles. The van der Waals surface area contributed by atoms with Gasteiger partial charge in [0.1, 0.15) is 11.1 Å². The van der Waals surface area contributed by atoms with Gasteiger partial charge in [0.2, 0.25) is 0 Å². The fourth-order valence-electron chi connectivity index (χ4n) is 5.23. The molecule has 9 nitrogen and oxygen atoms in total. The Kier molecular flexibility index (Phi) is 7.55. The number of halogens is 1. The van der Waals surface area contributed by atoms with Crippen LogP contribution in [0.4, 0.5) is 9.59 Å². The van der Waals surface area contributed by atoms with Crippen LogP contribution in [-0.2, 0) is 4.74 Å². The highest BCUT2D eigenvalue weighted by atomic mass is 35.5. The largest absolute Gasteiger partial charge is 0.446 e. The first-order valence-electron chi connectivity index (χ1n) is 11.7. The second kappa shape index (κ2) is 10.6. The van der Waals surface area contributed by atoms with Gasteiger partial charge < -0.3 is 20.7 Å². The number of aromatic nitrogens is 2. The average molecular weight is 466 g/mol. The Labute approximate surface area is 192 Å². The van der Waals surface area contributed by atoms with Gasteiger partial charge in [0.25, 0.3) is 5.56 Å². The third-order valence-electron chi connectivity index (χ3n) is 7.00. The molecule has 32 heavy (non-hydrogen) atoms. The minimum Gasteiger partial charge on any atom is -0.446 e. The lowest BCUT2D eigenvalue weighted by Gasteiger charge is -2.30. The number of rotatable bonds is 5. The number of hydrogen-bond acceptors (Lipinski definition) is 5. The molecule has 0 aliphatic heterocycles. The third kappa shape index (κ3) is 5.94. The van der Waals surface area contributed by atoms with E-state index in [-0.39, 0.29) is 35.2 Å². The number of H-pyrrole nitrogens is 1. The fourth-order valence-corrected chi connectivity index (χ4v) is 5.47. The van der Waals surface area contributed by atoms with Crippen LogP contribution in [0.25, 0.3) is 0 Å². The molecule has 4 N–H and O–H groups in total. The van der Waals surface area contributed by atoms with Crippen LogP contribution in [0.3, 0.4) is 0 Å². The number of ether oxygens (including phenoxy) is 1. The van der Waals surface area contributed by atoms with E-state index in [1.165, 1.54) is 12.8 Å². The van der Waals surface area contributed by atoms with E-state index in [0.717, 1.165) is 51.4 Å². The van der Waals surface area contributed by atoms with Gasteiger partial charge in [-0.1, -0.05) is 24.4 Å². The van der Waals surface area contributed by atoms with E-state index in [2.05, 4.69) is 26.1 Å². The van der Waals surface area contributed by atoms with E-state index in [4.69, 9.17) is 16.3 Å². The first-order chi connectivity index (χ1) is 15.5. The highest BCUT2D eigenvalue weighted by Gasteiger charge is 2.32. The van der Waals surface area contributed by atoms with Crippen LogP contribution in [0, 0.1) is 0 Å². The van der Waals surface area contributed by atoms with Crippen molar-refractivity contribution in [1.29, 1.82) is 0 Å². The van der Waals surface area contributed by atoms with Crippen molar-refractivity contribution in [3.63, 3.8) is 0 Å². The lowest BCUT2D eigenvalue weighted by molar-refractivity contribution is 0.0946. The summed E-state index contributed by atoms with van der Waals surface area (Å²) in [6, 6.07) is 0.447. The Morgan fingerprint density at radius 3 is 2.25 bits per heavy atom. The molecule has 3 aliphatic rings. The molecule has 0 spiro atoms. The molecule has 3 amide bonds. The van der Waals surface area contributed by atoms with Crippen molar-refractivity contribution < 1.29 is 14.3 Å². The van der Waals surface area contributed by atoms with Crippen LogP contribution in [0.15, 0.2) is 11.0 Å². The van der Waals surface area contributed by atoms with E-state index in [1.54, 1.807) is 6.20 Å². The van der Waals surface area contributed by atoms with Gasteiger partial charge in [-0.25, -0.2) is 14.7 Å². The number of nitrogens with one attached hydrogen (secondary N) is 4. The Morgan fingerprint density at radius 2 is 1.56 bits per heavy atom. The summed E-state index contributed by atoms with van der Waals surface area (Å²) in [7, 11) is 0. The predicted octanol–water partition coefficient (Wildman–Crippen LogP) is 3.34. The molecule has 3 fully saturated rings. The summed E-state index contributed by atoms with van der Waals surface area (Å²) in [5.74, 6) is 0.0620. The fraction of sp³-hybridized carbons (Fsp3) is 0.727. The quantitative estimate of drug-likeness (QED) is 0.530. The standard InChI is InChI=1S/C22H32ClN5O4/c23-19-18(12-24-28-20(19)29)13-5-10-17(11-13)32-22(31)27-16-8-6-15(7-9-16)26-21(30)25-14-3-1-2-4-14/h12-17H,1-11H2,(H,27,31)(H,28,29)(H2,25,26,30)/t13?,15?,16?,17-/m1/s1. The number of aromatic amines is 1. The molecule has 0 saturated heterocycles. The van der Waals surface area contributed by atoms with Crippen molar-refractivity contribution in [2.45, 2.75) is 101 Å². The molecule has 0 radical (unpaired) electrons. The van der Waals surface area contributed by atoms with Gasteiger partial charge in [-0.3, -0.25) is 4.79 Å². The van der Waals surface area contributed by atoms with Crippen LogP contribution in [0.5, 0.6) is 0 Å². The van der Waals surface area contributed by atoms with Crippen molar-refractivity contribution >= 4 is 23.7 Å². The van der Waals surface area contributed by atoms with E-state index in [9.17, 15) is 14.4 Å². The number of alkyl carbamates (subject to hydrolysis) is 1. The molecule has 1 heterocycles. The van der Waals surface area contributed by atoms with Crippen molar-refractivity contribution in [1.82, 2.24) is 26.1 Å². The van der Waals surface area contributed by atoms with Crippen LogP contribution in [0.2, 0.25) is 5.02 Å². The average Bonchev–Trinajstić information content (AvgIpc) is 3.44. The number of carbonyl (C=O) groups excluding carboxylic acids is 2. The molecule has 1 aromatic rings. The van der Waals surface area contributed by atoms with Crippen LogP contribution in [0.1, 0.15) is 82.1 Å². The lowest BCUT2D eigenvalue weighted by atomic mass is 9.91. The molecule has 1 unspecified atom stereocenters. The number of amides is 3. The topological polar surface area (TPSA) is 125 Å². The summed E-state index contributed by atoms with van der Waals surface area (Å²) < 4.78 is 5.62. The van der Waals surface area contributed by atoms with Crippen molar-refractivity contribution in [2.75, 3.05) is 0 Å². The van der Waals surface area contributed by atoms with E-state index in [1.807, 2.05) is 0 Å². The SMILES string of the molecule is O=C(NC1CCCC1)NC1CCC(NC(=O)O[C@@H]2CCC(c3cn[nH]c(=O)c3Cl)C2)CC1. The number of nitrogens with zero attached hydrogens (tertiary/aromatic N) is 1. The maximum atomic E-state index is 12.4. The number of carbonyl (C=O) groups is 2. The van der Waals surface area contributed by atoms with Gasteiger partial charge in [0.15, 0.2) is 0 Å². The third-order valence-corrected chi connectivity index (χ3v) is 7.39. The molecule has 2 atom stereocenters. The van der Waals surface area contributed by atoms with Crippen molar-refractivity contribution in [2.24, 2.45) is 0 Å². The summed E-state index contributed by atoms with van der Waals surface area (Å²) in [6.07, 6.45) is 10.9. The molecule has 10 heteroatoms.